The van der Waals surface area contributed by atoms with Gasteiger partial charge in [-0.15, -0.1) is 0 Å². The highest BCUT2D eigenvalue weighted by Gasteiger charge is 2.50. The van der Waals surface area contributed by atoms with Gasteiger partial charge in [-0.3, -0.25) is 14.4 Å². The van der Waals surface area contributed by atoms with E-state index in [0.717, 1.165) is 103 Å². The third kappa shape index (κ3) is 50.0. The molecule has 0 aliphatic carbocycles. The van der Waals surface area contributed by atoms with Gasteiger partial charge in [0.25, 0.3) is 0 Å². The minimum Gasteiger partial charge on any atom is -0.479 e. The summed E-state index contributed by atoms with van der Waals surface area (Å²) < 4.78 is 28.6. The molecule has 85 heavy (non-hydrogen) atoms. The molecule has 1 rings (SSSR count). The fourth-order valence-corrected chi connectivity index (χ4v) is 10.6. The minimum absolute atomic E-state index is 0.0549. The molecule has 0 bridgehead atoms. The van der Waals surface area contributed by atoms with Crippen molar-refractivity contribution in [3.05, 3.63) is 60.8 Å². The summed E-state index contributed by atoms with van der Waals surface area (Å²) in [5, 5.41) is 31.7. The lowest BCUT2D eigenvalue weighted by Gasteiger charge is -2.40. The Labute approximate surface area is 519 Å². The summed E-state index contributed by atoms with van der Waals surface area (Å²) in [5.41, 5.74) is 0. The SMILES string of the molecule is CCCCC/C=C\C/C=C\C/C=C\CCCCCCCCC(=O)OCC(COC1OC(C(=O)O)C(O)C(O)C1OC(=O)CCCCCCCCC/C=C\CCCCCCCC)OC(=O)CCCCCCCCCCC/C=C\CCCCCCCC. The molecular formula is C73H128O12. The molecule has 6 atom stereocenters. The van der Waals surface area contributed by atoms with Crippen LogP contribution in [0, 0.1) is 0 Å². The van der Waals surface area contributed by atoms with E-state index >= 15 is 0 Å². The van der Waals surface area contributed by atoms with Crippen LogP contribution < -0.4 is 0 Å². The maximum atomic E-state index is 13.2. The van der Waals surface area contributed by atoms with Gasteiger partial charge in [0.2, 0.25) is 0 Å². The van der Waals surface area contributed by atoms with E-state index < -0.39 is 67.3 Å². The van der Waals surface area contributed by atoms with Crippen LogP contribution in [0.15, 0.2) is 60.8 Å². The molecule has 1 saturated heterocycles. The number of allylic oxidation sites excluding steroid dienone is 10. The van der Waals surface area contributed by atoms with Gasteiger partial charge in [-0.25, -0.2) is 4.79 Å². The van der Waals surface area contributed by atoms with Gasteiger partial charge in [-0.2, -0.15) is 0 Å². The number of ether oxygens (including phenoxy) is 5. The minimum atomic E-state index is -1.91. The molecule has 12 nitrogen and oxygen atoms in total. The van der Waals surface area contributed by atoms with Crippen LogP contribution in [-0.2, 0) is 42.9 Å². The molecule has 0 spiro atoms. The Balaban J connectivity index is 2.64. The zero-order valence-electron chi connectivity index (χ0n) is 54.6. The van der Waals surface area contributed by atoms with Crippen molar-refractivity contribution in [2.24, 2.45) is 0 Å². The standard InChI is InChI=1S/C73H128O12/c1-4-7-10-13-16-19-22-25-28-31-33-36-38-41-44-47-50-53-56-59-65(74)81-62-64(83-66(75)60-57-54-51-48-45-42-40-37-34-32-29-26-23-20-17-14-11-8-5-2)63-82-73-71(69(78)68(77)70(85-73)72(79)80)84-67(76)61-58-55-52-49-46-43-39-35-30-27-24-21-18-15-12-9-6-3/h16,19,25-30,33,36,64,68-71,73,77-78H,4-15,17-18,20-24,31-32,34-35,37-63H2,1-3H3,(H,79,80)/b19-16-,28-25-,29-26-,30-27-,36-33-. The number of hydrogen-bond donors (Lipinski definition) is 3. The Morgan fingerprint density at radius 3 is 1.11 bits per heavy atom. The zero-order valence-corrected chi connectivity index (χ0v) is 54.6. The van der Waals surface area contributed by atoms with E-state index in [0.29, 0.717) is 19.3 Å². The van der Waals surface area contributed by atoms with Crippen LogP contribution in [0.3, 0.4) is 0 Å². The van der Waals surface area contributed by atoms with E-state index in [-0.39, 0.29) is 25.9 Å². The average Bonchev–Trinajstić information content (AvgIpc) is 3.46. The Kier molecular flexibility index (Phi) is 56.7. The average molecular weight is 1200 g/mol. The van der Waals surface area contributed by atoms with Gasteiger partial charge in [0, 0.05) is 19.3 Å². The van der Waals surface area contributed by atoms with Gasteiger partial charge in [0.15, 0.2) is 24.6 Å². The Bertz CT molecular complexity index is 1710. The topological polar surface area (TPSA) is 175 Å². The molecule has 12 heteroatoms. The van der Waals surface area contributed by atoms with Crippen molar-refractivity contribution in [2.75, 3.05) is 13.2 Å². The second-order valence-corrected chi connectivity index (χ2v) is 24.2. The molecule has 492 valence electrons. The van der Waals surface area contributed by atoms with Crippen LogP contribution in [0.5, 0.6) is 0 Å². The summed E-state index contributed by atoms with van der Waals surface area (Å²) in [4.78, 5) is 51.5. The van der Waals surface area contributed by atoms with Crippen LogP contribution in [0.2, 0.25) is 0 Å². The predicted octanol–water partition coefficient (Wildman–Crippen LogP) is 19.5. The van der Waals surface area contributed by atoms with E-state index in [1.54, 1.807) is 0 Å². The van der Waals surface area contributed by atoms with Crippen molar-refractivity contribution in [1.82, 2.24) is 0 Å². The van der Waals surface area contributed by atoms with Crippen molar-refractivity contribution in [2.45, 2.75) is 366 Å². The Morgan fingerprint density at radius 2 is 0.706 bits per heavy atom. The van der Waals surface area contributed by atoms with Crippen LogP contribution in [0.4, 0.5) is 0 Å². The summed E-state index contributed by atoms with van der Waals surface area (Å²) >= 11 is 0. The number of carboxylic acid groups (broad SMARTS) is 1. The number of carboxylic acids is 1. The maximum Gasteiger partial charge on any atom is 0.335 e. The van der Waals surface area contributed by atoms with Gasteiger partial charge < -0.3 is 39.0 Å². The molecule has 1 aliphatic rings. The monoisotopic (exact) mass is 1200 g/mol. The Morgan fingerprint density at radius 1 is 0.388 bits per heavy atom. The maximum absolute atomic E-state index is 13.2. The molecule has 0 aromatic rings. The lowest BCUT2D eigenvalue weighted by Crippen LogP contribution is -2.61. The van der Waals surface area contributed by atoms with Crippen LogP contribution in [0.1, 0.15) is 329 Å². The highest BCUT2D eigenvalue weighted by atomic mass is 16.7. The molecule has 0 aromatic carbocycles. The molecule has 0 radical (unpaired) electrons. The number of carbonyl (C=O) groups is 4. The number of aliphatic hydroxyl groups excluding tert-OH is 2. The van der Waals surface area contributed by atoms with Gasteiger partial charge in [0.1, 0.15) is 18.8 Å². The van der Waals surface area contributed by atoms with Gasteiger partial charge in [-0.1, -0.05) is 261 Å². The van der Waals surface area contributed by atoms with Gasteiger partial charge >= 0.3 is 23.9 Å². The number of rotatable bonds is 61. The van der Waals surface area contributed by atoms with E-state index in [2.05, 4.69) is 81.5 Å². The fraction of sp³-hybridized carbons (Fsp3) is 0.808. The number of aliphatic hydroxyl groups is 2. The van der Waals surface area contributed by atoms with Crippen molar-refractivity contribution in [3.8, 4) is 0 Å². The number of esters is 3. The van der Waals surface area contributed by atoms with Gasteiger partial charge in [0.05, 0.1) is 6.61 Å². The van der Waals surface area contributed by atoms with Crippen LogP contribution >= 0.6 is 0 Å². The lowest BCUT2D eigenvalue weighted by atomic mass is 9.98. The summed E-state index contributed by atoms with van der Waals surface area (Å²) in [7, 11) is 0. The highest BCUT2D eigenvalue weighted by molar-refractivity contribution is 5.74. The van der Waals surface area contributed by atoms with Crippen molar-refractivity contribution in [3.63, 3.8) is 0 Å². The molecule has 3 N–H and O–H groups in total. The fourth-order valence-electron chi connectivity index (χ4n) is 10.6. The van der Waals surface area contributed by atoms with Crippen LogP contribution in [0.25, 0.3) is 0 Å². The first-order valence-corrected chi connectivity index (χ1v) is 35.3. The molecule has 0 amide bonds. The van der Waals surface area contributed by atoms with Crippen molar-refractivity contribution < 1.29 is 58.2 Å². The second-order valence-electron chi connectivity index (χ2n) is 24.2. The van der Waals surface area contributed by atoms with Gasteiger partial charge in [-0.05, 0) is 109 Å². The number of unbranched alkanes of at least 4 members (excludes halogenated alkanes) is 37. The molecule has 6 unspecified atom stereocenters. The smallest absolute Gasteiger partial charge is 0.335 e. The molecule has 1 heterocycles. The van der Waals surface area contributed by atoms with E-state index in [4.69, 9.17) is 23.7 Å². The third-order valence-electron chi connectivity index (χ3n) is 16.0. The number of aliphatic carboxylic acids is 1. The molecule has 0 saturated carbocycles. The quantitative estimate of drug-likeness (QED) is 0.0228. The van der Waals surface area contributed by atoms with Crippen LogP contribution in [-0.4, -0.2) is 89.2 Å². The first kappa shape index (κ1) is 79.4. The Hall–Kier alpha value is -3.58. The first-order valence-electron chi connectivity index (χ1n) is 35.3. The van der Waals surface area contributed by atoms with Crippen molar-refractivity contribution in [1.29, 1.82) is 0 Å². The van der Waals surface area contributed by atoms with E-state index in [1.165, 1.54) is 167 Å². The summed E-state index contributed by atoms with van der Waals surface area (Å²) in [5.74, 6) is -3.12. The number of carbonyl (C=O) groups excluding carboxylic acids is 3. The van der Waals surface area contributed by atoms with E-state index in [1.807, 2.05) is 0 Å². The normalized spacial score (nSPS) is 17.8. The molecule has 0 aromatic heterocycles. The highest BCUT2D eigenvalue weighted by Crippen LogP contribution is 2.27. The summed E-state index contributed by atoms with van der Waals surface area (Å²) in [6.45, 7) is 6.00. The predicted molar refractivity (Wildman–Crippen MR) is 349 cm³/mol. The molecule has 1 aliphatic heterocycles. The molecular weight excluding hydrogens is 1070 g/mol. The zero-order chi connectivity index (χ0) is 61.7. The summed E-state index contributed by atoms with van der Waals surface area (Å²) in [6, 6.07) is 0. The van der Waals surface area contributed by atoms with Crippen molar-refractivity contribution >= 4 is 23.9 Å². The second kappa shape index (κ2) is 60.7. The lowest BCUT2D eigenvalue weighted by molar-refractivity contribution is -0.301. The first-order chi connectivity index (χ1) is 41.6. The third-order valence-corrected chi connectivity index (χ3v) is 16.0. The summed E-state index contributed by atoms with van der Waals surface area (Å²) in [6.07, 6.45) is 64.5. The molecule has 1 fully saturated rings. The number of hydrogen-bond acceptors (Lipinski definition) is 11. The van der Waals surface area contributed by atoms with E-state index in [9.17, 15) is 34.5 Å². The largest absolute Gasteiger partial charge is 0.479 e.